The van der Waals surface area contributed by atoms with E-state index in [0.717, 1.165) is 12.1 Å². The highest BCUT2D eigenvalue weighted by atomic mass is 79.9. The van der Waals surface area contributed by atoms with E-state index in [1.54, 1.807) is 0 Å². The summed E-state index contributed by atoms with van der Waals surface area (Å²) in [5.41, 5.74) is 0.143. The normalized spacial score (nSPS) is 12.7. The SMILES string of the molecule is CC(C(=O)O)C(=O)Nc1ccc(OC(F)(F)F)c(Br)c1. The fraction of sp³-hybridized carbons (Fsp3) is 0.273. The zero-order valence-electron chi connectivity index (χ0n) is 9.99. The number of benzene rings is 1. The summed E-state index contributed by atoms with van der Waals surface area (Å²) in [6, 6.07) is 3.34. The number of hydrogen-bond donors (Lipinski definition) is 2. The van der Waals surface area contributed by atoms with Crippen molar-refractivity contribution in [2.45, 2.75) is 13.3 Å². The monoisotopic (exact) mass is 355 g/mol. The molecule has 0 bridgehead atoms. The fourth-order valence-electron chi connectivity index (χ4n) is 1.15. The van der Waals surface area contributed by atoms with Crippen molar-refractivity contribution in [1.82, 2.24) is 0 Å². The lowest BCUT2D eigenvalue weighted by molar-refractivity contribution is -0.274. The van der Waals surface area contributed by atoms with Crippen molar-refractivity contribution in [3.8, 4) is 5.75 Å². The Kier molecular flexibility index (Phi) is 4.98. The first-order valence-corrected chi connectivity index (χ1v) is 5.98. The van der Waals surface area contributed by atoms with Crippen LogP contribution in [-0.4, -0.2) is 23.3 Å². The first-order chi connectivity index (χ1) is 9.10. The number of carbonyl (C=O) groups excluding carboxylic acids is 1. The molecule has 5 nitrogen and oxygen atoms in total. The van der Waals surface area contributed by atoms with Gasteiger partial charge < -0.3 is 15.2 Å². The first kappa shape index (κ1) is 16.3. The first-order valence-electron chi connectivity index (χ1n) is 5.19. The van der Waals surface area contributed by atoms with Gasteiger partial charge in [-0.25, -0.2) is 0 Å². The maximum atomic E-state index is 12.0. The van der Waals surface area contributed by atoms with E-state index < -0.39 is 29.9 Å². The quantitative estimate of drug-likeness (QED) is 0.814. The van der Waals surface area contributed by atoms with E-state index in [9.17, 15) is 22.8 Å². The van der Waals surface area contributed by atoms with Crippen molar-refractivity contribution in [2.24, 2.45) is 5.92 Å². The van der Waals surface area contributed by atoms with Gasteiger partial charge in [-0.1, -0.05) is 0 Å². The molecular formula is C11H9BrF3NO4. The average Bonchev–Trinajstić information content (AvgIpc) is 2.30. The van der Waals surface area contributed by atoms with E-state index in [2.05, 4.69) is 26.0 Å². The number of carboxylic acids is 1. The lowest BCUT2D eigenvalue weighted by Gasteiger charge is -2.12. The Morgan fingerprint density at radius 2 is 2.00 bits per heavy atom. The summed E-state index contributed by atoms with van der Waals surface area (Å²) < 4.78 is 39.8. The van der Waals surface area contributed by atoms with Crippen molar-refractivity contribution in [3.63, 3.8) is 0 Å². The number of ether oxygens (including phenoxy) is 1. The van der Waals surface area contributed by atoms with Gasteiger partial charge in [-0.3, -0.25) is 9.59 Å². The van der Waals surface area contributed by atoms with Gasteiger partial charge >= 0.3 is 12.3 Å². The molecule has 0 spiro atoms. The van der Waals surface area contributed by atoms with E-state index in [1.165, 1.54) is 13.0 Å². The molecule has 0 aliphatic heterocycles. The predicted octanol–water partition coefficient (Wildman–Crippen LogP) is 3.01. The Hall–Kier alpha value is -1.77. The fourth-order valence-corrected chi connectivity index (χ4v) is 1.61. The number of anilines is 1. The van der Waals surface area contributed by atoms with Crippen LogP contribution in [0.15, 0.2) is 22.7 Å². The van der Waals surface area contributed by atoms with E-state index in [4.69, 9.17) is 5.11 Å². The van der Waals surface area contributed by atoms with Crippen LogP contribution in [0.3, 0.4) is 0 Å². The van der Waals surface area contributed by atoms with Crippen LogP contribution < -0.4 is 10.1 Å². The van der Waals surface area contributed by atoms with Crippen LogP contribution in [-0.2, 0) is 9.59 Å². The minimum Gasteiger partial charge on any atom is -0.481 e. The standard InChI is InChI=1S/C11H9BrF3NO4/c1-5(10(18)19)9(17)16-6-2-3-8(7(12)4-6)20-11(13,14)15/h2-5H,1H3,(H,16,17)(H,18,19). The molecule has 1 amide bonds. The van der Waals surface area contributed by atoms with Gasteiger partial charge in [0.05, 0.1) is 4.47 Å². The smallest absolute Gasteiger partial charge is 0.481 e. The number of halogens is 4. The minimum absolute atomic E-state index is 0.0318. The summed E-state index contributed by atoms with van der Waals surface area (Å²) >= 11 is 2.86. The molecule has 1 unspecified atom stereocenters. The number of amides is 1. The molecule has 1 aromatic rings. The van der Waals surface area contributed by atoms with Gasteiger partial charge in [0.25, 0.3) is 0 Å². The number of alkyl halides is 3. The van der Waals surface area contributed by atoms with Crippen molar-refractivity contribution in [3.05, 3.63) is 22.7 Å². The van der Waals surface area contributed by atoms with Crippen LogP contribution in [0, 0.1) is 5.92 Å². The van der Waals surface area contributed by atoms with Gasteiger partial charge in [0.2, 0.25) is 5.91 Å². The van der Waals surface area contributed by atoms with Crippen molar-refractivity contribution in [2.75, 3.05) is 5.32 Å². The summed E-state index contributed by atoms with van der Waals surface area (Å²) in [5.74, 6) is -3.84. The highest BCUT2D eigenvalue weighted by Crippen LogP contribution is 2.32. The molecule has 1 aromatic carbocycles. The van der Waals surface area contributed by atoms with Gasteiger partial charge in [-0.05, 0) is 41.1 Å². The van der Waals surface area contributed by atoms with Gasteiger partial charge in [0.15, 0.2) is 0 Å². The summed E-state index contributed by atoms with van der Waals surface area (Å²) in [4.78, 5) is 22.1. The number of hydrogen-bond acceptors (Lipinski definition) is 3. The molecule has 1 rings (SSSR count). The van der Waals surface area contributed by atoms with Crippen LogP contribution in [0.5, 0.6) is 5.75 Å². The molecule has 0 heterocycles. The Bertz CT molecular complexity index is 533. The predicted molar refractivity (Wildman–Crippen MR) is 66.3 cm³/mol. The summed E-state index contributed by atoms with van der Waals surface area (Å²) in [7, 11) is 0. The molecular weight excluding hydrogens is 347 g/mol. The molecule has 2 N–H and O–H groups in total. The Morgan fingerprint density at radius 3 is 2.45 bits per heavy atom. The third-order valence-electron chi connectivity index (χ3n) is 2.19. The van der Waals surface area contributed by atoms with Crippen molar-refractivity contribution < 1.29 is 32.6 Å². The highest BCUT2D eigenvalue weighted by Gasteiger charge is 2.32. The summed E-state index contributed by atoms with van der Waals surface area (Å²) in [6.07, 6.45) is -4.83. The van der Waals surface area contributed by atoms with Crippen molar-refractivity contribution >= 4 is 33.5 Å². The molecule has 0 aliphatic carbocycles. The van der Waals surface area contributed by atoms with Crippen LogP contribution in [0.25, 0.3) is 0 Å². The second-order valence-electron chi connectivity index (χ2n) is 3.74. The molecule has 0 saturated carbocycles. The lowest BCUT2D eigenvalue weighted by atomic mass is 10.1. The maximum absolute atomic E-state index is 12.0. The minimum atomic E-state index is -4.83. The highest BCUT2D eigenvalue weighted by molar-refractivity contribution is 9.10. The zero-order chi connectivity index (χ0) is 15.5. The second-order valence-corrected chi connectivity index (χ2v) is 4.60. The maximum Gasteiger partial charge on any atom is 0.573 e. The van der Waals surface area contributed by atoms with Crippen LogP contribution >= 0.6 is 15.9 Å². The molecule has 0 saturated heterocycles. The van der Waals surface area contributed by atoms with Crippen molar-refractivity contribution in [1.29, 1.82) is 0 Å². The molecule has 0 fully saturated rings. The number of carbonyl (C=O) groups is 2. The third-order valence-corrected chi connectivity index (χ3v) is 2.81. The molecule has 20 heavy (non-hydrogen) atoms. The summed E-state index contributed by atoms with van der Waals surface area (Å²) in [6.45, 7) is 1.19. The van der Waals surface area contributed by atoms with E-state index in [1.807, 2.05) is 0 Å². The van der Waals surface area contributed by atoms with Gasteiger partial charge in [0, 0.05) is 5.69 Å². The second kappa shape index (κ2) is 6.12. The van der Waals surface area contributed by atoms with Crippen LogP contribution in [0.2, 0.25) is 0 Å². The molecule has 0 aliphatic rings. The van der Waals surface area contributed by atoms with Gasteiger partial charge in [0.1, 0.15) is 11.7 Å². The number of aliphatic carboxylic acids is 1. The molecule has 9 heteroatoms. The van der Waals surface area contributed by atoms with E-state index in [-0.39, 0.29) is 10.2 Å². The summed E-state index contributed by atoms with van der Waals surface area (Å²) in [5, 5.41) is 10.9. The third kappa shape index (κ3) is 4.72. The Morgan fingerprint density at radius 1 is 1.40 bits per heavy atom. The molecule has 0 radical (unpaired) electrons. The average molecular weight is 356 g/mol. The molecule has 110 valence electrons. The largest absolute Gasteiger partial charge is 0.573 e. The Balaban J connectivity index is 2.83. The number of nitrogens with one attached hydrogen (secondary N) is 1. The lowest BCUT2D eigenvalue weighted by Crippen LogP contribution is -2.26. The van der Waals surface area contributed by atoms with E-state index >= 15 is 0 Å². The topological polar surface area (TPSA) is 75.6 Å². The molecule has 1 atom stereocenters. The van der Waals surface area contributed by atoms with Gasteiger partial charge in [-0.2, -0.15) is 0 Å². The molecule has 0 aromatic heterocycles. The van der Waals surface area contributed by atoms with Crippen LogP contribution in [0.4, 0.5) is 18.9 Å². The Labute approximate surface area is 119 Å². The van der Waals surface area contributed by atoms with Gasteiger partial charge in [-0.15, -0.1) is 13.2 Å². The zero-order valence-corrected chi connectivity index (χ0v) is 11.6. The van der Waals surface area contributed by atoms with Crippen LogP contribution in [0.1, 0.15) is 6.92 Å². The number of carboxylic acid groups (broad SMARTS) is 1. The van der Waals surface area contributed by atoms with E-state index in [0.29, 0.717) is 0 Å². The number of rotatable bonds is 4.